The standard InChI is InChI=1S/C6H14N2O4S.C6H14N2O.C2H6O3S/c9-6-5-7-1-3-8(4-2-7)13(10,11)12;9-6-5-8-3-1-7-2-4-8;1-2-6(3,4)5/h9H,1-6H2,(H,10,11,12);7,9H,1-6H2;2H2,1H3,(H,3,4,5). The third-order valence-corrected chi connectivity index (χ3v) is 5.81. The maximum absolute atomic E-state index is 10.7. The predicted molar refractivity (Wildman–Crippen MR) is 105 cm³/mol. The van der Waals surface area contributed by atoms with Crippen LogP contribution in [-0.2, 0) is 20.4 Å². The maximum atomic E-state index is 10.7. The van der Waals surface area contributed by atoms with Crippen LogP contribution in [-0.4, -0.2) is 135 Å². The lowest BCUT2D eigenvalue weighted by Crippen LogP contribution is -2.49. The van der Waals surface area contributed by atoms with E-state index in [1.54, 1.807) is 0 Å². The van der Waals surface area contributed by atoms with Crippen molar-refractivity contribution in [2.24, 2.45) is 0 Å². The zero-order chi connectivity index (χ0) is 21.6. The fraction of sp³-hybridized carbons (Fsp3) is 1.00. The van der Waals surface area contributed by atoms with E-state index in [-0.39, 0.29) is 12.4 Å². The molecule has 170 valence electrons. The SMILES string of the molecule is CCS(=O)(=O)O.O=S(=O)(O)N1CCN(CCO)CC1.OCCN1CCNCC1. The largest absolute Gasteiger partial charge is 0.395 e. The van der Waals surface area contributed by atoms with E-state index in [2.05, 4.69) is 10.2 Å². The summed E-state index contributed by atoms with van der Waals surface area (Å²) in [7, 11) is -7.68. The first kappa shape index (κ1) is 27.6. The first-order chi connectivity index (χ1) is 13.0. The zero-order valence-corrected chi connectivity index (χ0v) is 17.9. The van der Waals surface area contributed by atoms with Crippen molar-refractivity contribution in [2.45, 2.75) is 6.92 Å². The van der Waals surface area contributed by atoms with E-state index in [0.717, 1.165) is 37.0 Å². The van der Waals surface area contributed by atoms with Gasteiger partial charge in [-0.2, -0.15) is 21.1 Å². The van der Waals surface area contributed by atoms with Crippen LogP contribution in [0.25, 0.3) is 0 Å². The Morgan fingerprint density at radius 1 is 0.786 bits per heavy atom. The molecule has 0 radical (unpaired) electrons. The molecule has 0 amide bonds. The number of aliphatic hydroxyl groups is 2. The lowest BCUT2D eigenvalue weighted by atomic mass is 10.4. The van der Waals surface area contributed by atoms with E-state index < -0.39 is 20.4 Å². The molecule has 12 nitrogen and oxygen atoms in total. The maximum Gasteiger partial charge on any atom is 0.335 e. The summed E-state index contributed by atoms with van der Waals surface area (Å²) in [4.78, 5) is 4.21. The molecule has 2 fully saturated rings. The Labute approximate surface area is 167 Å². The summed E-state index contributed by atoms with van der Waals surface area (Å²) in [5.74, 6) is -0.201. The molecule has 0 atom stereocenters. The van der Waals surface area contributed by atoms with Gasteiger partial charge in [0.05, 0.1) is 19.0 Å². The Morgan fingerprint density at radius 2 is 1.18 bits per heavy atom. The first-order valence-electron chi connectivity index (χ1n) is 9.08. The molecule has 0 aromatic rings. The smallest absolute Gasteiger partial charge is 0.335 e. The number of nitrogens with zero attached hydrogens (tertiary/aromatic N) is 3. The van der Waals surface area contributed by atoms with Gasteiger partial charge in [0, 0.05) is 65.4 Å². The molecule has 14 heteroatoms. The summed E-state index contributed by atoms with van der Waals surface area (Å²) >= 11 is 0. The van der Waals surface area contributed by atoms with Crippen LogP contribution in [0.1, 0.15) is 6.92 Å². The topological polar surface area (TPSA) is 171 Å². The fourth-order valence-corrected chi connectivity index (χ4v) is 3.03. The van der Waals surface area contributed by atoms with Crippen LogP contribution in [0, 0.1) is 0 Å². The van der Waals surface area contributed by atoms with Crippen LogP contribution >= 0.6 is 0 Å². The monoisotopic (exact) mass is 450 g/mol. The second-order valence-electron chi connectivity index (χ2n) is 6.13. The van der Waals surface area contributed by atoms with Crippen molar-refractivity contribution in [1.29, 1.82) is 0 Å². The molecule has 2 aliphatic heterocycles. The van der Waals surface area contributed by atoms with Crippen molar-refractivity contribution < 1.29 is 36.2 Å². The first-order valence-corrected chi connectivity index (χ1v) is 12.1. The normalized spacial score (nSPS) is 19.9. The number of piperazine rings is 2. The van der Waals surface area contributed by atoms with Crippen molar-refractivity contribution in [2.75, 3.05) is 84.4 Å². The molecule has 28 heavy (non-hydrogen) atoms. The molecule has 0 bridgehead atoms. The number of hydrogen-bond donors (Lipinski definition) is 5. The van der Waals surface area contributed by atoms with Gasteiger partial charge in [-0.25, -0.2) is 0 Å². The molecule has 0 saturated carbocycles. The second-order valence-corrected chi connectivity index (χ2v) is 9.28. The third-order valence-electron chi connectivity index (χ3n) is 4.06. The summed E-state index contributed by atoms with van der Waals surface area (Å²) in [6, 6.07) is 0. The highest BCUT2D eigenvalue weighted by Gasteiger charge is 2.24. The van der Waals surface area contributed by atoms with E-state index in [1.165, 1.54) is 6.92 Å². The Morgan fingerprint density at radius 3 is 1.50 bits per heavy atom. The number of nitrogens with one attached hydrogen (secondary N) is 1. The molecular weight excluding hydrogens is 416 g/mol. The molecule has 0 aromatic carbocycles. The summed E-state index contributed by atoms with van der Waals surface area (Å²) in [5, 5.41) is 20.4. The molecule has 0 unspecified atom stereocenters. The van der Waals surface area contributed by atoms with Crippen LogP contribution in [0.3, 0.4) is 0 Å². The van der Waals surface area contributed by atoms with Gasteiger partial charge < -0.3 is 15.5 Å². The Hall–Kier alpha value is -0.420. The highest BCUT2D eigenvalue weighted by molar-refractivity contribution is 7.85. The molecule has 2 aliphatic rings. The van der Waals surface area contributed by atoms with E-state index in [1.807, 2.05) is 4.90 Å². The van der Waals surface area contributed by atoms with Crippen LogP contribution in [0.5, 0.6) is 0 Å². The fourth-order valence-electron chi connectivity index (χ4n) is 2.40. The van der Waals surface area contributed by atoms with Gasteiger partial charge in [-0.3, -0.25) is 18.9 Å². The highest BCUT2D eigenvalue weighted by atomic mass is 32.2. The van der Waals surface area contributed by atoms with Gasteiger partial charge in [-0.05, 0) is 6.92 Å². The highest BCUT2D eigenvalue weighted by Crippen LogP contribution is 2.04. The van der Waals surface area contributed by atoms with Crippen LogP contribution in [0.4, 0.5) is 0 Å². The molecule has 2 saturated heterocycles. The van der Waals surface area contributed by atoms with Crippen molar-refractivity contribution in [3.8, 4) is 0 Å². The van der Waals surface area contributed by atoms with Gasteiger partial charge in [-0.15, -0.1) is 0 Å². The minimum atomic E-state index is -4.02. The summed E-state index contributed by atoms with van der Waals surface area (Å²) in [6.07, 6.45) is 0. The molecule has 0 spiro atoms. The van der Waals surface area contributed by atoms with Crippen molar-refractivity contribution in [3.05, 3.63) is 0 Å². The van der Waals surface area contributed by atoms with Gasteiger partial charge in [0.15, 0.2) is 0 Å². The van der Waals surface area contributed by atoms with E-state index >= 15 is 0 Å². The summed E-state index contributed by atoms with van der Waals surface area (Å²) in [6.45, 7) is 9.13. The Bertz CT molecular complexity index is 586. The number of aliphatic hydroxyl groups excluding tert-OH is 2. The van der Waals surface area contributed by atoms with Crippen molar-refractivity contribution in [1.82, 2.24) is 19.4 Å². The Balaban J connectivity index is 0.000000423. The van der Waals surface area contributed by atoms with Crippen molar-refractivity contribution >= 4 is 20.4 Å². The minimum absolute atomic E-state index is 0.0753. The average Bonchev–Trinajstić information content (AvgIpc) is 2.63. The summed E-state index contributed by atoms with van der Waals surface area (Å²) in [5.41, 5.74) is 0. The number of hydrogen-bond acceptors (Lipinski definition) is 9. The number of rotatable bonds is 6. The third kappa shape index (κ3) is 14.6. The van der Waals surface area contributed by atoms with Gasteiger partial charge in [0.2, 0.25) is 0 Å². The molecule has 2 heterocycles. The van der Waals surface area contributed by atoms with E-state index in [9.17, 15) is 16.8 Å². The predicted octanol–water partition coefficient (Wildman–Crippen LogP) is -2.82. The van der Waals surface area contributed by atoms with Gasteiger partial charge >= 0.3 is 10.3 Å². The van der Waals surface area contributed by atoms with Crippen LogP contribution in [0.15, 0.2) is 0 Å². The molecular formula is C14H34N4O8S2. The minimum Gasteiger partial charge on any atom is -0.395 e. The number of β-amino-alcohol motifs (C(OH)–C–C–N with tert-alkyl or cyclic N) is 2. The van der Waals surface area contributed by atoms with Crippen LogP contribution < -0.4 is 5.32 Å². The van der Waals surface area contributed by atoms with E-state index in [4.69, 9.17) is 19.3 Å². The van der Waals surface area contributed by atoms with Crippen LogP contribution in [0.2, 0.25) is 0 Å². The molecule has 2 rings (SSSR count). The van der Waals surface area contributed by atoms with Gasteiger partial charge in [-0.1, -0.05) is 0 Å². The average molecular weight is 451 g/mol. The summed E-state index contributed by atoms with van der Waals surface area (Å²) < 4.78 is 58.0. The van der Waals surface area contributed by atoms with Gasteiger partial charge in [0.25, 0.3) is 10.1 Å². The van der Waals surface area contributed by atoms with E-state index in [0.29, 0.717) is 39.3 Å². The molecule has 0 aromatic heterocycles. The van der Waals surface area contributed by atoms with Crippen molar-refractivity contribution in [3.63, 3.8) is 0 Å². The zero-order valence-electron chi connectivity index (χ0n) is 16.3. The molecule has 0 aliphatic carbocycles. The lowest BCUT2D eigenvalue weighted by molar-refractivity contribution is 0.147. The second kappa shape index (κ2) is 14.5. The Kier molecular flexibility index (Phi) is 14.3. The quantitative estimate of drug-likeness (QED) is 0.264. The lowest BCUT2D eigenvalue weighted by Gasteiger charge is -2.31. The molecule has 5 N–H and O–H groups in total. The van der Waals surface area contributed by atoms with Gasteiger partial charge in [0.1, 0.15) is 0 Å².